The molecular weight excluding hydrogens is 431 g/mol. The molecule has 1 saturated heterocycles. The van der Waals surface area contributed by atoms with Gasteiger partial charge < -0.3 is 10.6 Å². The number of guanidine groups is 1. The molecule has 2 aromatic rings. The smallest absolute Gasteiger partial charge is 0.191 e. The average molecular weight is 456 g/mol. The molecule has 0 aliphatic carbocycles. The van der Waals surface area contributed by atoms with Gasteiger partial charge in [0.15, 0.2) is 5.96 Å². The number of aromatic nitrogens is 1. The van der Waals surface area contributed by atoms with Crippen molar-refractivity contribution < 1.29 is 0 Å². The Morgan fingerprint density at radius 2 is 2.17 bits per heavy atom. The molecule has 3 rings (SSSR count). The van der Waals surface area contributed by atoms with Crippen molar-refractivity contribution in [3.8, 4) is 0 Å². The standard InChI is InChI=1S/C18H24N4S.HI/c1-2-19-18(22-13-16-9-5-11-23-16)21-12-15-7-3-6-14-8-4-10-20-17(14)15;/h3-4,6-8,10,16H,2,5,9,11-13H2,1H3,(H2,19,21,22);1H. The van der Waals surface area contributed by atoms with Gasteiger partial charge in [-0.3, -0.25) is 4.98 Å². The van der Waals surface area contributed by atoms with E-state index in [-0.39, 0.29) is 24.0 Å². The van der Waals surface area contributed by atoms with Crippen LogP contribution in [-0.4, -0.2) is 35.0 Å². The number of nitrogens with zero attached hydrogens (tertiary/aromatic N) is 2. The van der Waals surface area contributed by atoms with Crippen molar-refractivity contribution in [1.29, 1.82) is 0 Å². The van der Waals surface area contributed by atoms with E-state index in [1.165, 1.54) is 24.0 Å². The molecule has 1 aromatic carbocycles. The lowest BCUT2D eigenvalue weighted by Crippen LogP contribution is -2.40. The van der Waals surface area contributed by atoms with Crippen molar-refractivity contribution in [1.82, 2.24) is 15.6 Å². The topological polar surface area (TPSA) is 49.3 Å². The zero-order valence-corrected chi connectivity index (χ0v) is 17.1. The third-order valence-electron chi connectivity index (χ3n) is 3.99. The first-order chi connectivity index (χ1) is 11.4. The highest BCUT2D eigenvalue weighted by Crippen LogP contribution is 2.25. The molecule has 0 amide bonds. The molecular formula is C18H25IN4S. The summed E-state index contributed by atoms with van der Waals surface area (Å²) in [5.41, 5.74) is 2.21. The maximum atomic E-state index is 4.74. The van der Waals surface area contributed by atoms with E-state index < -0.39 is 0 Å². The van der Waals surface area contributed by atoms with Gasteiger partial charge >= 0.3 is 0 Å². The fraction of sp³-hybridized carbons (Fsp3) is 0.444. The van der Waals surface area contributed by atoms with Crippen LogP contribution in [-0.2, 0) is 6.54 Å². The molecule has 1 aliphatic rings. The van der Waals surface area contributed by atoms with Crippen LogP contribution in [0.2, 0.25) is 0 Å². The second kappa shape index (κ2) is 10.1. The summed E-state index contributed by atoms with van der Waals surface area (Å²) in [6.45, 7) is 4.60. The zero-order valence-electron chi connectivity index (χ0n) is 14.0. The Labute approximate surface area is 165 Å². The minimum Gasteiger partial charge on any atom is -0.357 e. The first-order valence-electron chi connectivity index (χ1n) is 8.33. The maximum absolute atomic E-state index is 4.74. The third kappa shape index (κ3) is 5.24. The van der Waals surface area contributed by atoms with Crippen LogP contribution in [0.25, 0.3) is 10.9 Å². The molecule has 1 unspecified atom stereocenters. The molecule has 0 bridgehead atoms. The van der Waals surface area contributed by atoms with Crippen molar-refractivity contribution >= 4 is 52.6 Å². The number of para-hydroxylation sites is 1. The number of aliphatic imine (C=N–C) groups is 1. The van der Waals surface area contributed by atoms with Gasteiger partial charge in [-0.2, -0.15) is 11.8 Å². The van der Waals surface area contributed by atoms with Crippen LogP contribution < -0.4 is 10.6 Å². The lowest BCUT2D eigenvalue weighted by atomic mass is 10.1. The van der Waals surface area contributed by atoms with E-state index in [0.29, 0.717) is 6.54 Å². The molecule has 2 N–H and O–H groups in total. The number of thioether (sulfide) groups is 1. The van der Waals surface area contributed by atoms with Gasteiger partial charge in [0.1, 0.15) is 0 Å². The van der Waals surface area contributed by atoms with Crippen LogP contribution in [0.5, 0.6) is 0 Å². The summed E-state index contributed by atoms with van der Waals surface area (Å²) < 4.78 is 0. The third-order valence-corrected chi connectivity index (χ3v) is 5.39. The van der Waals surface area contributed by atoms with E-state index in [1.807, 2.05) is 12.3 Å². The molecule has 1 atom stereocenters. The van der Waals surface area contributed by atoms with Gasteiger partial charge in [0, 0.05) is 29.9 Å². The van der Waals surface area contributed by atoms with Crippen LogP contribution in [0.1, 0.15) is 25.3 Å². The first-order valence-corrected chi connectivity index (χ1v) is 9.38. The van der Waals surface area contributed by atoms with Gasteiger partial charge in [-0.15, -0.1) is 24.0 Å². The number of nitrogens with one attached hydrogen (secondary N) is 2. The van der Waals surface area contributed by atoms with E-state index in [0.717, 1.165) is 35.4 Å². The van der Waals surface area contributed by atoms with E-state index in [4.69, 9.17) is 4.99 Å². The van der Waals surface area contributed by atoms with E-state index in [1.54, 1.807) is 0 Å². The van der Waals surface area contributed by atoms with Crippen LogP contribution in [0, 0.1) is 0 Å². The fourth-order valence-electron chi connectivity index (χ4n) is 2.82. The highest BCUT2D eigenvalue weighted by atomic mass is 127. The summed E-state index contributed by atoms with van der Waals surface area (Å²) in [6.07, 6.45) is 4.49. The SMILES string of the molecule is CCNC(=NCc1cccc2cccnc12)NCC1CCCS1.I. The molecule has 2 heterocycles. The van der Waals surface area contributed by atoms with E-state index in [2.05, 4.69) is 58.6 Å². The number of rotatable bonds is 5. The van der Waals surface area contributed by atoms with E-state index >= 15 is 0 Å². The van der Waals surface area contributed by atoms with Gasteiger partial charge in [-0.25, -0.2) is 4.99 Å². The van der Waals surface area contributed by atoms with Gasteiger partial charge in [0.25, 0.3) is 0 Å². The van der Waals surface area contributed by atoms with Gasteiger partial charge in [0.2, 0.25) is 0 Å². The lowest BCUT2D eigenvalue weighted by molar-refractivity contribution is 0.727. The summed E-state index contributed by atoms with van der Waals surface area (Å²) in [5, 5.41) is 8.70. The van der Waals surface area contributed by atoms with Gasteiger partial charge in [0.05, 0.1) is 12.1 Å². The minimum absolute atomic E-state index is 0. The molecule has 1 fully saturated rings. The maximum Gasteiger partial charge on any atom is 0.191 e. The highest BCUT2D eigenvalue weighted by Gasteiger charge is 2.15. The fourth-order valence-corrected chi connectivity index (χ4v) is 4.02. The summed E-state index contributed by atoms with van der Waals surface area (Å²) >= 11 is 2.06. The van der Waals surface area contributed by atoms with E-state index in [9.17, 15) is 0 Å². The monoisotopic (exact) mass is 456 g/mol. The zero-order chi connectivity index (χ0) is 15.9. The Morgan fingerprint density at radius 1 is 1.29 bits per heavy atom. The van der Waals surface area contributed by atoms with Crippen molar-refractivity contribution in [2.24, 2.45) is 4.99 Å². The molecule has 0 saturated carbocycles. The van der Waals surface area contributed by atoms with Crippen molar-refractivity contribution in [2.75, 3.05) is 18.8 Å². The van der Waals surface area contributed by atoms with Crippen LogP contribution in [0.3, 0.4) is 0 Å². The lowest BCUT2D eigenvalue weighted by Gasteiger charge is -2.14. The Bertz CT molecular complexity index is 666. The number of hydrogen-bond acceptors (Lipinski definition) is 3. The molecule has 24 heavy (non-hydrogen) atoms. The van der Waals surface area contributed by atoms with Crippen molar-refractivity contribution in [2.45, 2.75) is 31.6 Å². The minimum atomic E-state index is 0. The molecule has 4 nitrogen and oxygen atoms in total. The number of halogens is 1. The number of fused-ring (bicyclic) bond motifs is 1. The van der Waals surface area contributed by atoms with Crippen molar-refractivity contribution in [3.63, 3.8) is 0 Å². The molecule has 0 spiro atoms. The van der Waals surface area contributed by atoms with Crippen molar-refractivity contribution in [3.05, 3.63) is 42.1 Å². The number of hydrogen-bond donors (Lipinski definition) is 2. The largest absolute Gasteiger partial charge is 0.357 e. The normalized spacial score (nSPS) is 17.5. The summed E-state index contributed by atoms with van der Waals surface area (Å²) in [6, 6.07) is 10.3. The number of pyridine rings is 1. The van der Waals surface area contributed by atoms with Gasteiger partial charge in [-0.1, -0.05) is 24.3 Å². The number of benzene rings is 1. The summed E-state index contributed by atoms with van der Waals surface area (Å²) in [7, 11) is 0. The molecule has 6 heteroatoms. The molecule has 0 radical (unpaired) electrons. The Balaban J connectivity index is 0.00000208. The summed E-state index contributed by atoms with van der Waals surface area (Å²) in [4.78, 5) is 9.24. The highest BCUT2D eigenvalue weighted by molar-refractivity contribution is 14.0. The molecule has 1 aromatic heterocycles. The quantitative estimate of drug-likeness (QED) is 0.408. The Kier molecular flexibility index (Phi) is 8.11. The van der Waals surface area contributed by atoms with Crippen LogP contribution >= 0.6 is 35.7 Å². The average Bonchev–Trinajstić information content (AvgIpc) is 3.11. The first kappa shape index (κ1) is 19.3. The second-order valence-corrected chi connectivity index (χ2v) is 7.11. The second-order valence-electron chi connectivity index (χ2n) is 5.70. The predicted molar refractivity (Wildman–Crippen MR) is 115 cm³/mol. The Hall–Kier alpha value is -1.02. The summed E-state index contributed by atoms with van der Waals surface area (Å²) in [5.74, 6) is 2.19. The Morgan fingerprint density at radius 3 is 2.96 bits per heavy atom. The van der Waals surface area contributed by atoms with Gasteiger partial charge in [-0.05, 0) is 37.1 Å². The van der Waals surface area contributed by atoms with Crippen LogP contribution in [0.4, 0.5) is 0 Å². The predicted octanol–water partition coefficient (Wildman–Crippen LogP) is 3.80. The van der Waals surface area contributed by atoms with Crippen LogP contribution in [0.15, 0.2) is 41.5 Å². The molecule has 130 valence electrons. The molecule has 1 aliphatic heterocycles.